The number of fused-ring (bicyclic) bond motifs is 1. The van der Waals surface area contributed by atoms with Crippen molar-refractivity contribution in [3.05, 3.63) is 83.6 Å². The number of benzene rings is 2. The highest BCUT2D eigenvalue weighted by Gasteiger charge is 2.33. The molecule has 0 amide bonds. The summed E-state index contributed by atoms with van der Waals surface area (Å²) in [4.78, 5) is 21.7. The van der Waals surface area contributed by atoms with Gasteiger partial charge in [0.25, 0.3) is 0 Å². The zero-order chi connectivity index (χ0) is 21.2. The highest BCUT2D eigenvalue weighted by molar-refractivity contribution is 6.09. The van der Waals surface area contributed by atoms with Gasteiger partial charge in [0.15, 0.2) is 6.17 Å². The van der Waals surface area contributed by atoms with Gasteiger partial charge in [0.1, 0.15) is 0 Å². The van der Waals surface area contributed by atoms with E-state index >= 15 is 0 Å². The SMILES string of the molecule is CC1=CC(C)=NC2=NC(N3CCN(Cc4ccccc4)CC3)=N[C@H](c3ccccc3)N12. The molecule has 158 valence electrons. The molecule has 3 aliphatic rings. The normalized spacial score (nSPS) is 21.7. The van der Waals surface area contributed by atoms with Gasteiger partial charge in [-0.05, 0) is 31.1 Å². The van der Waals surface area contributed by atoms with E-state index < -0.39 is 0 Å². The van der Waals surface area contributed by atoms with Gasteiger partial charge in [0.2, 0.25) is 11.9 Å². The van der Waals surface area contributed by atoms with Crippen molar-refractivity contribution in [2.75, 3.05) is 26.2 Å². The molecule has 0 spiro atoms. The minimum Gasteiger partial charge on any atom is -0.338 e. The van der Waals surface area contributed by atoms with Crippen LogP contribution in [0.4, 0.5) is 0 Å². The Labute approximate surface area is 183 Å². The Morgan fingerprint density at radius 2 is 1.48 bits per heavy atom. The molecule has 5 rings (SSSR count). The van der Waals surface area contributed by atoms with Crippen LogP contribution in [0, 0.1) is 0 Å². The molecule has 6 heteroatoms. The van der Waals surface area contributed by atoms with E-state index in [-0.39, 0.29) is 6.17 Å². The van der Waals surface area contributed by atoms with Gasteiger partial charge in [-0.3, -0.25) is 9.80 Å². The Balaban J connectivity index is 1.37. The molecule has 31 heavy (non-hydrogen) atoms. The van der Waals surface area contributed by atoms with Gasteiger partial charge < -0.3 is 4.90 Å². The Kier molecular flexibility index (Phi) is 5.38. The van der Waals surface area contributed by atoms with E-state index in [1.807, 2.05) is 13.0 Å². The predicted octanol–water partition coefficient (Wildman–Crippen LogP) is 3.91. The fourth-order valence-electron chi connectivity index (χ4n) is 4.39. The lowest BCUT2D eigenvalue weighted by molar-refractivity contribution is 0.172. The largest absolute Gasteiger partial charge is 0.338 e. The Hall–Kier alpha value is -3.25. The molecular weight excluding hydrogens is 384 g/mol. The van der Waals surface area contributed by atoms with Crippen LogP contribution in [0.1, 0.15) is 31.1 Å². The number of rotatable bonds is 3. The highest BCUT2D eigenvalue weighted by Crippen LogP contribution is 2.32. The summed E-state index contributed by atoms with van der Waals surface area (Å²) in [5.41, 5.74) is 4.61. The maximum absolute atomic E-state index is 5.10. The summed E-state index contributed by atoms with van der Waals surface area (Å²) in [6.07, 6.45) is 1.96. The first kappa shape index (κ1) is 19.7. The van der Waals surface area contributed by atoms with Crippen molar-refractivity contribution in [1.29, 1.82) is 0 Å². The Morgan fingerprint density at radius 1 is 0.806 bits per heavy atom. The van der Waals surface area contributed by atoms with E-state index in [0.29, 0.717) is 0 Å². The van der Waals surface area contributed by atoms with Crippen LogP contribution in [-0.2, 0) is 6.54 Å². The topological polar surface area (TPSA) is 46.8 Å². The number of piperazine rings is 1. The predicted molar refractivity (Wildman–Crippen MR) is 126 cm³/mol. The van der Waals surface area contributed by atoms with Crippen LogP contribution in [0.5, 0.6) is 0 Å². The van der Waals surface area contributed by atoms with Crippen molar-refractivity contribution in [3.63, 3.8) is 0 Å². The van der Waals surface area contributed by atoms with Gasteiger partial charge in [-0.25, -0.2) is 9.98 Å². The van der Waals surface area contributed by atoms with Crippen molar-refractivity contribution < 1.29 is 0 Å². The standard InChI is InChI=1S/C25H28N6/c1-19-17-20(2)31-23(22-11-7-4-8-12-22)27-24(28-25(31)26-19)30-15-13-29(14-16-30)18-21-9-5-3-6-10-21/h3-12,17,23H,13-16,18H2,1-2H3/t23-/m0/s1. The average Bonchev–Trinajstić information content (AvgIpc) is 2.80. The zero-order valence-corrected chi connectivity index (χ0v) is 18.1. The molecule has 6 nitrogen and oxygen atoms in total. The highest BCUT2D eigenvalue weighted by atomic mass is 15.5. The molecule has 0 bridgehead atoms. The summed E-state index contributed by atoms with van der Waals surface area (Å²) in [7, 11) is 0. The monoisotopic (exact) mass is 412 g/mol. The van der Waals surface area contributed by atoms with E-state index in [1.165, 1.54) is 5.56 Å². The minimum atomic E-state index is -0.140. The summed E-state index contributed by atoms with van der Waals surface area (Å²) in [5, 5.41) is 0. The Morgan fingerprint density at radius 3 is 2.19 bits per heavy atom. The van der Waals surface area contributed by atoms with Gasteiger partial charge in [-0.2, -0.15) is 4.99 Å². The number of hydrogen-bond donors (Lipinski definition) is 0. The molecule has 2 aromatic carbocycles. The summed E-state index contributed by atoms with van der Waals surface area (Å²) in [6, 6.07) is 21.1. The first-order valence-electron chi connectivity index (χ1n) is 10.9. The second-order valence-corrected chi connectivity index (χ2v) is 8.28. The first-order valence-corrected chi connectivity index (χ1v) is 10.9. The fourth-order valence-corrected chi connectivity index (χ4v) is 4.39. The van der Waals surface area contributed by atoms with Crippen molar-refractivity contribution in [1.82, 2.24) is 14.7 Å². The van der Waals surface area contributed by atoms with Crippen molar-refractivity contribution in [2.24, 2.45) is 15.0 Å². The van der Waals surface area contributed by atoms with E-state index in [1.54, 1.807) is 0 Å². The number of nitrogens with zero attached hydrogens (tertiary/aromatic N) is 6. The van der Waals surface area contributed by atoms with Crippen LogP contribution in [-0.4, -0.2) is 58.5 Å². The second-order valence-electron chi connectivity index (χ2n) is 8.28. The molecule has 3 heterocycles. The molecule has 0 unspecified atom stereocenters. The van der Waals surface area contributed by atoms with Gasteiger partial charge in [-0.1, -0.05) is 60.7 Å². The average molecular weight is 413 g/mol. The summed E-state index contributed by atoms with van der Waals surface area (Å²) in [5.74, 6) is 1.54. The van der Waals surface area contributed by atoms with E-state index in [2.05, 4.69) is 82.3 Å². The number of aliphatic imine (C=N–C) groups is 3. The summed E-state index contributed by atoms with van der Waals surface area (Å²) in [6.45, 7) is 8.95. The molecule has 3 aliphatic heterocycles. The molecule has 0 aliphatic carbocycles. The lowest BCUT2D eigenvalue weighted by Gasteiger charge is -2.40. The molecule has 0 radical (unpaired) electrons. The molecule has 1 atom stereocenters. The summed E-state index contributed by atoms with van der Waals surface area (Å²) < 4.78 is 0. The third-order valence-electron chi connectivity index (χ3n) is 5.97. The Bertz CT molecular complexity index is 1050. The lowest BCUT2D eigenvalue weighted by Crippen LogP contribution is -2.50. The number of guanidine groups is 2. The van der Waals surface area contributed by atoms with Crippen molar-refractivity contribution in [3.8, 4) is 0 Å². The van der Waals surface area contributed by atoms with Gasteiger partial charge in [0, 0.05) is 44.1 Å². The van der Waals surface area contributed by atoms with E-state index in [4.69, 9.17) is 15.0 Å². The minimum absolute atomic E-state index is 0.140. The van der Waals surface area contributed by atoms with Crippen LogP contribution < -0.4 is 0 Å². The molecular formula is C25H28N6. The van der Waals surface area contributed by atoms with Gasteiger partial charge in [0.05, 0.1) is 0 Å². The zero-order valence-electron chi connectivity index (χ0n) is 18.1. The fraction of sp³-hybridized carbons (Fsp3) is 0.320. The molecule has 1 fully saturated rings. The number of hydrogen-bond acceptors (Lipinski definition) is 6. The van der Waals surface area contributed by atoms with Gasteiger partial charge in [-0.15, -0.1) is 0 Å². The maximum Gasteiger partial charge on any atom is 0.235 e. The second kappa shape index (κ2) is 8.47. The molecule has 2 aromatic rings. The van der Waals surface area contributed by atoms with E-state index in [9.17, 15) is 0 Å². The smallest absolute Gasteiger partial charge is 0.235 e. The van der Waals surface area contributed by atoms with Crippen molar-refractivity contribution >= 4 is 17.6 Å². The molecule has 0 saturated carbocycles. The van der Waals surface area contributed by atoms with E-state index in [0.717, 1.165) is 61.6 Å². The quantitative estimate of drug-likeness (QED) is 0.768. The maximum atomic E-state index is 5.10. The van der Waals surface area contributed by atoms with Gasteiger partial charge >= 0.3 is 0 Å². The first-order chi connectivity index (χ1) is 15.2. The number of allylic oxidation sites excluding steroid dienone is 2. The third kappa shape index (κ3) is 4.16. The molecule has 1 saturated heterocycles. The van der Waals surface area contributed by atoms with Crippen LogP contribution in [0.3, 0.4) is 0 Å². The van der Waals surface area contributed by atoms with Crippen LogP contribution in [0.25, 0.3) is 0 Å². The lowest BCUT2D eigenvalue weighted by atomic mass is 10.1. The van der Waals surface area contributed by atoms with Crippen LogP contribution >= 0.6 is 0 Å². The van der Waals surface area contributed by atoms with Crippen LogP contribution in [0.15, 0.2) is 87.4 Å². The van der Waals surface area contributed by atoms with Crippen molar-refractivity contribution in [2.45, 2.75) is 26.6 Å². The summed E-state index contributed by atoms with van der Waals surface area (Å²) >= 11 is 0. The third-order valence-corrected chi connectivity index (χ3v) is 5.97. The molecule has 0 N–H and O–H groups in total. The van der Waals surface area contributed by atoms with Crippen LogP contribution in [0.2, 0.25) is 0 Å². The molecule has 0 aromatic heterocycles.